The number of carbonyl (C=O) groups is 1. The topological polar surface area (TPSA) is 110 Å². The summed E-state index contributed by atoms with van der Waals surface area (Å²) >= 11 is 0. The number of carbonyl (C=O) groups excluding carboxylic acids is 1. The maximum atomic E-state index is 12.0. The van der Waals surface area contributed by atoms with E-state index in [0.29, 0.717) is 17.3 Å². The molecule has 2 aromatic rings. The van der Waals surface area contributed by atoms with Crippen molar-refractivity contribution in [3.8, 4) is 0 Å². The Morgan fingerprint density at radius 3 is 2.67 bits per heavy atom. The zero-order chi connectivity index (χ0) is 19.0. The number of aliphatic hydroxyl groups excluding tert-OH is 1. The smallest absolute Gasteiger partial charge is 0.252 e. The molecule has 8 heteroatoms. The molecule has 0 spiro atoms. The third-order valence-electron chi connectivity index (χ3n) is 5.88. The van der Waals surface area contributed by atoms with Crippen LogP contribution in [0.25, 0.3) is 0 Å². The molecule has 144 valence electrons. The Bertz CT molecular complexity index is 854. The van der Waals surface area contributed by atoms with Gasteiger partial charge in [0, 0.05) is 32.3 Å². The van der Waals surface area contributed by atoms with Crippen LogP contribution in [0.5, 0.6) is 0 Å². The van der Waals surface area contributed by atoms with Crippen molar-refractivity contribution in [1.82, 2.24) is 19.7 Å². The normalized spacial score (nSPS) is 17.3. The summed E-state index contributed by atoms with van der Waals surface area (Å²) in [5.74, 6) is 2.36. The van der Waals surface area contributed by atoms with Crippen molar-refractivity contribution in [2.75, 3.05) is 18.0 Å². The molecule has 1 amide bonds. The average molecular weight is 370 g/mol. The van der Waals surface area contributed by atoms with E-state index in [2.05, 4.69) is 15.1 Å². The highest BCUT2D eigenvalue weighted by Gasteiger charge is 2.27. The van der Waals surface area contributed by atoms with Crippen molar-refractivity contribution < 1.29 is 9.90 Å². The van der Waals surface area contributed by atoms with E-state index in [-0.39, 0.29) is 6.61 Å². The molecule has 2 aromatic heterocycles. The molecule has 1 aliphatic carbocycles. The largest absolute Gasteiger partial charge is 0.388 e. The summed E-state index contributed by atoms with van der Waals surface area (Å²) in [7, 11) is 1.89. The number of aryl methyl sites for hydroxylation is 2. The molecule has 1 fully saturated rings. The monoisotopic (exact) mass is 370 g/mol. The Morgan fingerprint density at radius 1 is 1.26 bits per heavy atom. The molecule has 3 N–H and O–H groups in total. The van der Waals surface area contributed by atoms with Crippen molar-refractivity contribution in [2.45, 2.75) is 45.1 Å². The molecule has 0 atom stereocenters. The van der Waals surface area contributed by atoms with Gasteiger partial charge in [-0.25, -0.2) is 4.98 Å². The second-order valence-corrected chi connectivity index (χ2v) is 7.57. The number of anilines is 1. The average Bonchev–Trinajstić information content (AvgIpc) is 3.27. The van der Waals surface area contributed by atoms with E-state index in [9.17, 15) is 9.90 Å². The summed E-state index contributed by atoms with van der Waals surface area (Å²) in [6.45, 7) is 1.60. The molecule has 0 radical (unpaired) electrons. The second kappa shape index (κ2) is 7.26. The van der Waals surface area contributed by atoms with E-state index in [1.54, 1.807) is 0 Å². The van der Waals surface area contributed by atoms with Gasteiger partial charge >= 0.3 is 0 Å². The SMILES string of the molecule is Cn1c(CO)nnc1CC1CCN(c2nc3c(cc2C(N)=O)CCC3)CC1. The standard InChI is InChI=1S/C19H26N6O2/c1-24-16(22-23-17(24)11-26)9-12-5-7-25(8-6-12)19-14(18(20)27)10-13-3-2-4-15(13)21-19/h10,12,26H,2-9,11H2,1H3,(H2,20,27). The predicted molar refractivity (Wildman–Crippen MR) is 100 cm³/mol. The van der Waals surface area contributed by atoms with Gasteiger partial charge in [-0.15, -0.1) is 10.2 Å². The second-order valence-electron chi connectivity index (χ2n) is 7.57. The van der Waals surface area contributed by atoms with Crippen LogP contribution in [-0.2, 0) is 32.9 Å². The first-order valence-electron chi connectivity index (χ1n) is 9.62. The molecular formula is C19H26N6O2. The van der Waals surface area contributed by atoms with Crippen molar-refractivity contribution >= 4 is 11.7 Å². The molecule has 0 unspecified atom stereocenters. The molecule has 8 nitrogen and oxygen atoms in total. The van der Waals surface area contributed by atoms with Gasteiger partial charge in [0.1, 0.15) is 18.2 Å². The molecule has 4 rings (SSSR count). The van der Waals surface area contributed by atoms with Gasteiger partial charge in [-0.05, 0) is 49.7 Å². The first-order chi connectivity index (χ1) is 13.1. The van der Waals surface area contributed by atoms with Crippen LogP contribution in [0, 0.1) is 5.92 Å². The predicted octanol–water partition coefficient (Wildman–Crippen LogP) is 0.749. The Labute approximate surface area is 158 Å². The molecular weight excluding hydrogens is 344 g/mol. The number of rotatable bonds is 5. The van der Waals surface area contributed by atoms with Gasteiger partial charge in [0.15, 0.2) is 5.82 Å². The van der Waals surface area contributed by atoms with Crippen LogP contribution in [-0.4, -0.2) is 43.9 Å². The van der Waals surface area contributed by atoms with Crippen LogP contribution >= 0.6 is 0 Å². The number of hydrogen-bond acceptors (Lipinski definition) is 6. The fourth-order valence-electron chi connectivity index (χ4n) is 4.20. The van der Waals surface area contributed by atoms with Gasteiger partial charge in [-0.3, -0.25) is 4.79 Å². The summed E-state index contributed by atoms with van der Waals surface area (Å²) in [5.41, 5.74) is 8.47. The van der Waals surface area contributed by atoms with E-state index in [1.807, 2.05) is 17.7 Å². The lowest BCUT2D eigenvalue weighted by Crippen LogP contribution is -2.36. The van der Waals surface area contributed by atoms with Gasteiger partial charge in [0.25, 0.3) is 5.91 Å². The van der Waals surface area contributed by atoms with E-state index in [0.717, 1.165) is 69.0 Å². The third kappa shape index (κ3) is 3.41. The molecule has 1 aliphatic heterocycles. The van der Waals surface area contributed by atoms with Crippen LogP contribution < -0.4 is 10.6 Å². The number of hydrogen-bond donors (Lipinski definition) is 2. The lowest BCUT2D eigenvalue weighted by molar-refractivity contribution is 0.1000. The molecule has 0 bridgehead atoms. The van der Waals surface area contributed by atoms with Gasteiger partial charge < -0.3 is 20.3 Å². The molecule has 1 saturated heterocycles. The summed E-state index contributed by atoms with van der Waals surface area (Å²) in [6.07, 6.45) is 5.91. The fraction of sp³-hybridized carbons (Fsp3) is 0.579. The number of nitrogens with two attached hydrogens (primary N) is 1. The van der Waals surface area contributed by atoms with Crippen LogP contribution in [0.3, 0.4) is 0 Å². The number of pyridine rings is 1. The first-order valence-corrected chi connectivity index (χ1v) is 9.62. The van der Waals surface area contributed by atoms with Crippen molar-refractivity contribution in [3.05, 3.63) is 34.5 Å². The van der Waals surface area contributed by atoms with E-state index in [4.69, 9.17) is 10.7 Å². The van der Waals surface area contributed by atoms with Crippen molar-refractivity contribution in [3.63, 3.8) is 0 Å². The van der Waals surface area contributed by atoms with Gasteiger partial charge in [-0.1, -0.05) is 0 Å². The fourth-order valence-corrected chi connectivity index (χ4v) is 4.20. The van der Waals surface area contributed by atoms with E-state index in [1.165, 1.54) is 5.56 Å². The number of aromatic nitrogens is 4. The molecule has 0 saturated carbocycles. The number of piperidine rings is 1. The van der Waals surface area contributed by atoms with E-state index >= 15 is 0 Å². The van der Waals surface area contributed by atoms with Gasteiger partial charge in [-0.2, -0.15) is 0 Å². The number of fused-ring (bicyclic) bond motifs is 1. The Hall–Kier alpha value is -2.48. The number of aliphatic hydroxyl groups is 1. The highest BCUT2D eigenvalue weighted by molar-refractivity contribution is 5.98. The molecule has 2 aliphatic rings. The third-order valence-corrected chi connectivity index (χ3v) is 5.88. The lowest BCUT2D eigenvalue weighted by atomic mass is 9.93. The molecule has 27 heavy (non-hydrogen) atoms. The van der Waals surface area contributed by atoms with Crippen molar-refractivity contribution in [2.24, 2.45) is 18.7 Å². The highest BCUT2D eigenvalue weighted by atomic mass is 16.3. The summed E-state index contributed by atoms with van der Waals surface area (Å²) in [5, 5.41) is 17.5. The number of primary amides is 1. The quantitative estimate of drug-likeness (QED) is 0.804. The van der Waals surface area contributed by atoms with Gasteiger partial charge in [0.05, 0.1) is 5.56 Å². The zero-order valence-electron chi connectivity index (χ0n) is 15.7. The van der Waals surface area contributed by atoms with Gasteiger partial charge in [0.2, 0.25) is 0 Å². The molecule has 0 aromatic carbocycles. The van der Waals surface area contributed by atoms with Crippen LogP contribution in [0.2, 0.25) is 0 Å². The lowest BCUT2D eigenvalue weighted by Gasteiger charge is -2.33. The van der Waals surface area contributed by atoms with Crippen LogP contribution in [0.1, 0.15) is 52.5 Å². The first kappa shape index (κ1) is 17.9. The minimum absolute atomic E-state index is 0.0954. The van der Waals surface area contributed by atoms with Crippen molar-refractivity contribution in [1.29, 1.82) is 0 Å². The van der Waals surface area contributed by atoms with E-state index < -0.39 is 5.91 Å². The Kier molecular flexibility index (Phi) is 4.82. The summed E-state index contributed by atoms with van der Waals surface area (Å²) < 4.78 is 1.87. The highest BCUT2D eigenvalue weighted by Crippen LogP contribution is 2.30. The number of amides is 1. The maximum absolute atomic E-state index is 12.0. The van der Waals surface area contributed by atoms with Crippen LogP contribution in [0.15, 0.2) is 6.07 Å². The Balaban J connectivity index is 1.46. The number of nitrogens with zero attached hydrogens (tertiary/aromatic N) is 5. The summed E-state index contributed by atoms with van der Waals surface area (Å²) in [4.78, 5) is 19.0. The maximum Gasteiger partial charge on any atom is 0.252 e. The Morgan fingerprint density at radius 2 is 2.00 bits per heavy atom. The minimum Gasteiger partial charge on any atom is -0.388 e. The molecule has 3 heterocycles. The minimum atomic E-state index is -0.398. The summed E-state index contributed by atoms with van der Waals surface area (Å²) in [6, 6.07) is 1.95. The zero-order valence-corrected chi connectivity index (χ0v) is 15.7. The van der Waals surface area contributed by atoms with Crippen LogP contribution in [0.4, 0.5) is 5.82 Å².